The molecule has 0 aliphatic rings. The highest BCUT2D eigenvalue weighted by Crippen LogP contribution is 2.24. The summed E-state index contributed by atoms with van der Waals surface area (Å²) in [4.78, 5) is 11.2. The molecule has 6 heteroatoms. The molecule has 1 aromatic heterocycles. The van der Waals surface area contributed by atoms with E-state index in [-0.39, 0.29) is 6.61 Å². The van der Waals surface area contributed by atoms with Crippen LogP contribution in [0.4, 0.5) is 8.78 Å². The minimum absolute atomic E-state index is 0.308. The Morgan fingerprint density at radius 3 is 2.52 bits per heavy atom. The number of fused-ring (bicyclic) bond motifs is 1. The van der Waals surface area contributed by atoms with Gasteiger partial charge in [-0.05, 0) is 30.3 Å². The molecular weight excluding hydrogens is 306 g/mol. The fraction of sp³-hybridized carbons (Fsp3) is 0.118. The summed E-state index contributed by atoms with van der Waals surface area (Å²) in [5.41, 5.74) is -0.621. The van der Waals surface area contributed by atoms with Crippen molar-refractivity contribution in [2.75, 3.05) is 6.61 Å². The number of halogens is 2. The Labute approximate surface area is 129 Å². The lowest BCUT2D eigenvalue weighted by Gasteiger charge is -2.14. The van der Waals surface area contributed by atoms with Crippen LogP contribution < -0.4 is 10.4 Å². The van der Waals surface area contributed by atoms with Crippen LogP contribution in [0.2, 0.25) is 0 Å². The van der Waals surface area contributed by atoms with Gasteiger partial charge in [0.25, 0.3) is 0 Å². The van der Waals surface area contributed by atoms with E-state index in [1.807, 2.05) is 0 Å². The van der Waals surface area contributed by atoms with Gasteiger partial charge in [-0.15, -0.1) is 0 Å². The number of benzene rings is 2. The molecule has 3 aromatic rings. The van der Waals surface area contributed by atoms with Crippen molar-refractivity contribution < 1.29 is 23.0 Å². The number of aliphatic hydroxyl groups is 1. The van der Waals surface area contributed by atoms with Crippen LogP contribution in [-0.4, -0.2) is 11.7 Å². The Balaban J connectivity index is 1.79. The SMILES string of the molecule is O=c1ccc2ccc(OCC(O)c3c(F)cccc3F)cc2o1. The minimum atomic E-state index is -1.46. The first-order chi connectivity index (χ1) is 11.0. The Bertz CT molecular complexity index is 884. The number of hydrogen-bond acceptors (Lipinski definition) is 4. The molecule has 0 aliphatic heterocycles. The third-order valence-electron chi connectivity index (χ3n) is 3.34. The smallest absolute Gasteiger partial charge is 0.336 e. The highest BCUT2D eigenvalue weighted by atomic mass is 19.1. The van der Waals surface area contributed by atoms with E-state index < -0.39 is 28.9 Å². The van der Waals surface area contributed by atoms with Gasteiger partial charge in [0.1, 0.15) is 35.7 Å². The summed E-state index contributed by atoms with van der Waals surface area (Å²) >= 11 is 0. The predicted octanol–water partition coefficient (Wildman–Crippen LogP) is 3.18. The molecule has 2 aromatic carbocycles. The second kappa shape index (κ2) is 6.18. The molecule has 118 valence electrons. The van der Waals surface area contributed by atoms with Crippen LogP contribution in [0.1, 0.15) is 11.7 Å². The Morgan fingerprint density at radius 2 is 1.78 bits per heavy atom. The summed E-state index contributed by atoms with van der Waals surface area (Å²) in [7, 11) is 0. The summed E-state index contributed by atoms with van der Waals surface area (Å²) in [6.07, 6.45) is -1.46. The second-order valence-electron chi connectivity index (χ2n) is 4.92. The molecule has 0 amide bonds. The van der Waals surface area contributed by atoms with Gasteiger partial charge >= 0.3 is 5.63 Å². The van der Waals surface area contributed by atoms with Gasteiger partial charge in [-0.1, -0.05) is 6.07 Å². The van der Waals surface area contributed by atoms with Crippen molar-refractivity contribution in [3.05, 3.63) is 76.1 Å². The van der Waals surface area contributed by atoms with Crippen LogP contribution in [0.15, 0.2) is 57.7 Å². The van der Waals surface area contributed by atoms with Gasteiger partial charge in [0, 0.05) is 17.5 Å². The van der Waals surface area contributed by atoms with Gasteiger partial charge < -0.3 is 14.3 Å². The average molecular weight is 318 g/mol. The van der Waals surface area contributed by atoms with E-state index >= 15 is 0 Å². The van der Waals surface area contributed by atoms with E-state index in [1.165, 1.54) is 18.2 Å². The van der Waals surface area contributed by atoms with Crippen LogP contribution in [0.5, 0.6) is 5.75 Å². The summed E-state index contributed by atoms with van der Waals surface area (Å²) in [5.74, 6) is -1.38. The van der Waals surface area contributed by atoms with Gasteiger partial charge in [0.15, 0.2) is 0 Å². The predicted molar refractivity (Wildman–Crippen MR) is 79.3 cm³/mol. The molecule has 1 N–H and O–H groups in total. The van der Waals surface area contributed by atoms with Gasteiger partial charge in [-0.25, -0.2) is 13.6 Å². The molecular formula is C17H12F2O4. The quantitative estimate of drug-likeness (QED) is 0.751. The zero-order chi connectivity index (χ0) is 16.4. The zero-order valence-corrected chi connectivity index (χ0v) is 11.8. The van der Waals surface area contributed by atoms with E-state index in [4.69, 9.17) is 9.15 Å². The van der Waals surface area contributed by atoms with Crippen LogP contribution in [0.25, 0.3) is 11.0 Å². The zero-order valence-electron chi connectivity index (χ0n) is 11.8. The Kier molecular flexibility index (Phi) is 4.08. The highest BCUT2D eigenvalue weighted by Gasteiger charge is 2.18. The Hall–Kier alpha value is -2.73. The lowest BCUT2D eigenvalue weighted by Crippen LogP contribution is -2.13. The fourth-order valence-corrected chi connectivity index (χ4v) is 2.22. The van der Waals surface area contributed by atoms with Crippen molar-refractivity contribution in [3.63, 3.8) is 0 Å². The average Bonchev–Trinajstić information content (AvgIpc) is 2.52. The third kappa shape index (κ3) is 3.22. The Morgan fingerprint density at radius 1 is 1.09 bits per heavy atom. The molecule has 0 aliphatic carbocycles. The summed E-state index contributed by atoms with van der Waals surface area (Å²) in [6.45, 7) is -0.347. The number of rotatable bonds is 4. The maximum absolute atomic E-state index is 13.6. The highest BCUT2D eigenvalue weighted by molar-refractivity contribution is 5.77. The van der Waals surface area contributed by atoms with Gasteiger partial charge in [0.05, 0.1) is 5.56 Å². The second-order valence-corrected chi connectivity index (χ2v) is 4.92. The fourth-order valence-electron chi connectivity index (χ4n) is 2.22. The molecule has 0 bridgehead atoms. The summed E-state index contributed by atoms with van der Waals surface area (Å²) in [6, 6.07) is 11.0. The molecule has 0 spiro atoms. The van der Waals surface area contributed by atoms with Crippen LogP contribution >= 0.6 is 0 Å². The number of ether oxygens (including phenoxy) is 1. The molecule has 1 heterocycles. The van der Waals surface area contributed by atoms with Gasteiger partial charge in [0.2, 0.25) is 0 Å². The van der Waals surface area contributed by atoms with E-state index in [2.05, 4.69) is 0 Å². The molecule has 0 saturated heterocycles. The molecule has 0 saturated carbocycles. The van der Waals surface area contributed by atoms with E-state index in [0.717, 1.165) is 12.1 Å². The van der Waals surface area contributed by atoms with Crippen LogP contribution in [-0.2, 0) is 0 Å². The first kappa shape index (κ1) is 15.2. The number of hydrogen-bond donors (Lipinski definition) is 1. The molecule has 0 radical (unpaired) electrons. The van der Waals surface area contributed by atoms with Crippen LogP contribution in [0, 0.1) is 11.6 Å². The lowest BCUT2D eigenvalue weighted by atomic mass is 10.1. The molecule has 1 atom stereocenters. The van der Waals surface area contributed by atoms with Crippen molar-refractivity contribution >= 4 is 11.0 Å². The molecule has 0 fully saturated rings. The van der Waals surface area contributed by atoms with Crippen molar-refractivity contribution in [1.82, 2.24) is 0 Å². The minimum Gasteiger partial charge on any atom is -0.490 e. The monoisotopic (exact) mass is 318 g/mol. The largest absolute Gasteiger partial charge is 0.490 e. The molecule has 4 nitrogen and oxygen atoms in total. The van der Waals surface area contributed by atoms with Crippen LogP contribution in [0.3, 0.4) is 0 Å². The maximum atomic E-state index is 13.6. The van der Waals surface area contributed by atoms with Crippen molar-refractivity contribution in [2.45, 2.75) is 6.10 Å². The molecule has 3 rings (SSSR count). The standard InChI is InChI=1S/C17H12F2O4/c18-12-2-1-3-13(19)17(12)14(20)9-22-11-6-4-10-5-7-16(21)23-15(10)8-11/h1-8,14,20H,9H2. The number of aliphatic hydroxyl groups excluding tert-OH is 1. The first-order valence-corrected chi connectivity index (χ1v) is 6.83. The van der Waals surface area contributed by atoms with Crippen molar-refractivity contribution in [1.29, 1.82) is 0 Å². The van der Waals surface area contributed by atoms with E-state index in [9.17, 15) is 18.7 Å². The van der Waals surface area contributed by atoms with Crippen molar-refractivity contribution in [2.24, 2.45) is 0 Å². The van der Waals surface area contributed by atoms with Crippen molar-refractivity contribution in [3.8, 4) is 5.75 Å². The van der Waals surface area contributed by atoms with Gasteiger partial charge in [-0.3, -0.25) is 0 Å². The lowest BCUT2D eigenvalue weighted by molar-refractivity contribution is 0.101. The topological polar surface area (TPSA) is 59.7 Å². The first-order valence-electron chi connectivity index (χ1n) is 6.83. The summed E-state index contributed by atoms with van der Waals surface area (Å²) in [5, 5.41) is 10.6. The molecule has 23 heavy (non-hydrogen) atoms. The van der Waals surface area contributed by atoms with E-state index in [0.29, 0.717) is 16.7 Å². The molecule has 1 unspecified atom stereocenters. The maximum Gasteiger partial charge on any atom is 0.336 e. The third-order valence-corrected chi connectivity index (χ3v) is 3.34. The van der Waals surface area contributed by atoms with E-state index in [1.54, 1.807) is 18.2 Å². The summed E-state index contributed by atoms with van der Waals surface area (Å²) < 4.78 is 37.5. The normalized spacial score (nSPS) is 12.3. The van der Waals surface area contributed by atoms with Gasteiger partial charge in [-0.2, -0.15) is 0 Å².